The van der Waals surface area contributed by atoms with Crippen LogP contribution < -0.4 is 10.1 Å². The van der Waals surface area contributed by atoms with E-state index < -0.39 is 12.1 Å². The van der Waals surface area contributed by atoms with Crippen LogP contribution in [0.15, 0.2) is 48.7 Å². The molecule has 3 unspecified atom stereocenters. The number of rotatable bonds is 8. The molecule has 0 bridgehead atoms. The van der Waals surface area contributed by atoms with E-state index in [2.05, 4.69) is 10.3 Å². The molecule has 1 aliphatic heterocycles. The number of aromatic nitrogens is 1. The van der Waals surface area contributed by atoms with Crippen molar-refractivity contribution in [2.24, 2.45) is 0 Å². The molecule has 0 radical (unpaired) electrons. The van der Waals surface area contributed by atoms with E-state index in [-0.39, 0.29) is 12.0 Å². The Morgan fingerprint density at radius 2 is 2.07 bits per heavy atom. The monoisotopic (exact) mass is 384 g/mol. The summed E-state index contributed by atoms with van der Waals surface area (Å²) in [7, 11) is 1.62. The third-order valence-electron chi connectivity index (χ3n) is 4.90. The Morgan fingerprint density at radius 3 is 2.79 bits per heavy atom. The number of hydrogen-bond acceptors (Lipinski definition) is 5. The lowest BCUT2D eigenvalue weighted by Gasteiger charge is -2.25. The summed E-state index contributed by atoms with van der Waals surface area (Å²) >= 11 is 0. The first-order valence-corrected chi connectivity index (χ1v) is 9.76. The molecule has 0 aliphatic carbocycles. The number of pyridine rings is 1. The molecule has 1 aromatic heterocycles. The van der Waals surface area contributed by atoms with E-state index in [0.717, 1.165) is 37.1 Å². The second-order valence-corrected chi connectivity index (χ2v) is 6.90. The smallest absolute Gasteiger partial charge is 0.249 e. The number of nitrogens with one attached hydrogen (secondary N) is 1. The second-order valence-electron chi connectivity index (χ2n) is 6.90. The highest BCUT2D eigenvalue weighted by atomic mass is 16.5. The van der Waals surface area contributed by atoms with Crippen molar-refractivity contribution in [2.75, 3.05) is 20.3 Å². The summed E-state index contributed by atoms with van der Waals surface area (Å²) in [5, 5.41) is 3.06. The predicted molar refractivity (Wildman–Crippen MR) is 106 cm³/mol. The molecule has 28 heavy (non-hydrogen) atoms. The molecule has 2 aromatic rings. The maximum atomic E-state index is 12.8. The fraction of sp³-hybridized carbons (Fsp3) is 0.455. The SMILES string of the molecule is COc1ccccc1C(NC(=O)C(C)OCC1CCCCO1)c1ccccn1. The summed E-state index contributed by atoms with van der Waals surface area (Å²) in [6.45, 7) is 2.96. The van der Waals surface area contributed by atoms with Crippen molar-refractivity contribution in [2.45, 2.75) is 44.4 Å². The second kappa shape index (κ2) is 10.2. The average Bonchev–Trinajstić information content (AvgIpc) is 2.77. The van der Waals surface area contributed by atoms with Crippen LogP contribution in [0.1, 0.15) is 43.5 Å². The zero-order valence-corrected chi connectivity index (χ0v) is 16.5. The number of amides is 1. The lowest BCUT2D eigenvalue weighted by atomic mass is 10.0. The summed E-state index contributed by atoms with van der Waals surface area (Å²) in [6.07, 6.45) is 4.41. The molecule has 6 heteroatoms. The molecule has 150 valence electrons. The normalized spacial score (nSPS) is 18.9. The van der Waals surface area contributed by atoms with E-state index in [9.17, 15) is 4.79 Å². The van der Waals surface area contributed by atoms with Crippen molar-refractivity contribution in [1.29, 1.82) is 0 Å². The number of methoxy groups -OCH3 is 1. The summed E-state index contributed by atoms with van der Waals surface area (Å²) in [6, 6.07) is 12.8. The summed E-state index contributed by atoms with van der Waals surface area (Å²) in [4.78, 5) is 17.3. The minimum absolute atomic E-state index is 0.0739. The molecule has 1 aliphatic rings. The van der Waals surface area contributed by atoms with Gasteiger partial charge in [-0.3, -0.25) is 9.78 Å². The predicted octanol–water partition coefficient (Wildman–Crippen LogP) is 3.27. The van der Waals surface area contributed by atoms with E-state index in [4.69, 9.17) is 14.2 Å². The number of ether oxygens (including phenoxy) is 3. The standard InChI is InChI=1S/C22H28N2O4/c1-16(28-15-17-9-6-8-14-27-17)22(25)24-21(19-11-5-7-13-23-19)18-10-3-4-12-20(18)26-2/h3-5,7,10-13,16-17,21H,6,8-9,14-15H2,1-2H3,(H,24,25). The lowest BCUT2D eigenvalue weighted by Crippen LogP contribution is -2.39. The van der Waals surface area contributed by atoms with Crippen molar-refractivity contribution in [3.8, 4) is 5.75 Å². The molecule has 6 nitrogen and oxygen atoms in total. The Kier molecular flexibility index (Phi) is 7.39. The zero-order valence-electron chi connectivity index (χ0n) is 16.5. The third kappa shape index (κ3) is 5.30. The molecular formula is C22H28N2O4. The zero-order chi connectivity index (χ0) is 19.8. The van der Waals surface area contributed by atoms with Gasteiger partial charge in [0.2, 0.25) is 5.91 Å². The lowest BCUT2D eigenvalue weighted by molar-refractivity contribution is -0.136. The van der Waals surface area contributed by atoms with Gasteiger partial charge in [0.1, 0.15) is 17.9 Å². The summed E-state index contributed by atoms with van der Waals surface area (Å²) < 4.78 is 16.9. The first-order valence-electron chi connectivity index (χ1n) is 9.76. The first kappa shape index (κ1) is 20.3. The number of nitrogens with zero attached hydrogens (tertiary/aromatic N) is 1. The molecule has 0 saturated carbocycles. The van der Waals surface area contributed by atoms with Crippen molar-refractivity contribution >= 4 is 5.91 Å². The number of carbonyl (C=O) groups excluding carboxylic acids is 1. The van der Waals surface area contributed by atoms with Gasteiger partial charge in [-0.1, -0.05) is 24.3 Å². The summed E-state index contributed by atoms with van der Waals surface area (Å²) in [5.74, 6) is 0.500. The highest BCUT2D eigenvalue weighted by molar-refractivity contribution is 5.81. The van der Waals surface area contributed by atoms with Gasteiger partial charge in [0.15, 0.2) is 0 Å². The van der Waals surface area contributed by atoms with Crippen molar-refractivity contribution in [3.63, 3.8) is 0 Å². The average molecular weight is 384 g/mol. The van der Waals surface area contributed by atoms with Gasteiger partial charge in [-0.2, -0.15) is 0 Å². The molecule has 3 atom stereocenters. The van der Waals surface area contributed by atoms with Crippen molar-refractivity contribution in [3.05, 3.63) is 59.9 Å². The minimum atomic E-state index is -0.591. The molecule has 1 saturated heterocycles. The van der Waals surface area contributed by atoms with E-state index in [1.54, 1.807) is 20.2 Å². The number of hydrogen-bond donors (Lipinski definition) is 1. The third-order valence-corrected chi connectivity index (χ3v) is 4.90. The Morgan fingerprint density at radius 1 is 1.25 bits per heavy atom. The van der Waals surface area contributed by atoms with E-state index >= 15 is 0 Å². The van der Waals surface area contributed by atoms with Crippen LogP contribution in [0.4, 0.5) is 0 Å². The van der Waals surface area contributed by atoms with Crippen molar-refractivity contribution in [1.82, 2.24) is 10.3 Å². The molecule has 1 amide bonds. The van der Waals surface area contributed by atoms with Crippen molar-refractivity contribution < 1.29 is 19.0 Å². The van der Waals surface area contributed by atoms with Crippen LogP contribution in [0.25, 0.3) is 0 Å². The fourth-order valence-corrected chi connectivity index (χ4v) is 3.29. The van der Waals surface area contributed by atoms with Gasteiger partial charge in [-0.25, -0.2) is 0 Å². The van der Waals surface area contributed by atoms with Crippen LogP contribution in [-0.2, 0) is 14.3 Å². The topological polar surface area (TPSA) is 69.7 Å². The Bertz CT molecular complexity index is 747. The largest absolute Gasteiger partial charge is 0.496 e. The van der Waals surface area contributed by atoms with E-state index in [1.807, 2.05) is 42.5 Å². The molecule has 3 rings (SSSR count). The molecule has 1 N–H and O–H groups in total. The minimum Gasteiger partial charge on any atom is -0.496 e. The van der Waals surface area contributed by atoms with Crippen LogP contribution in [0.3, 0.4) is 0 Å². The number of carbonyl (C=O) groups is 1. The fourth-order valence-electron chi connectivity index (χ4n) is 3.29. The van der Waals surface area contributed by atoms with Crippen LogP contribution in [0.2, 0.25) is 0 Å². The van der Waals surface area contributed by atoms with Crippen LogP contribution >= 0.6 is 0 Å². The van der Waals surface area contributed by atoms with Gasteiger partial charge in [0, 0.05) is 18.4 Å². The molecule has 1 fully saturated rings. The Balaban J connectivity index is 1.71. The van der Waals surface area contributed by atoms with Crippen LogP contribution in [0, 0.1) is 0 Å². The number of benzene rings is 1. The van der Waals surface area contributed by atoms with Crippen LogP contribution in [-0.4, -0.2) is 43.4 Å². The van der Waals surface area contributed by atoms with Crippen LogP contribution in [0.5, 0.6) is 5.75 Å². The summed E-state index contributed by atoms with van der Waals surface area (Å²) in [5.41, 5.74) is 1.59. The molecule has 0 spiro atoms. The van der Waals surface area contributed by atoms with Gasteiger partial charge in [0.25, 0.3) is 0 Å². The van der Waals surface area contributed by atoms with Gasteiger partial charge < -0.3 is 19.5 Å². The van der Waals surface area contributed by atoms with E-state index in [0.29, 0.717) is 12.4 Å². The highest BCUT2D eigenvalue weighted by Crippen LogP contribution is 2.29. The maximum Gasteiger partial charge on any atom is 0.249 e. The van der Waals surface area contributed by atoms with Gasteiger partial charge in [0.05, 0.1) is 25.5 Å². The Labute approximate surface area is 166 Å². The Hall–Kier alpha value is -2.44. The molecule has 2 heterocycles. The first-order chi connectivity index (χ1) is 13.7. The van der Waals surface area contributed by atoms with Gasteiger partial charge in [-0.05, 0) is 44.4 Å². The van der Waals surface area contributed by atoms with Gasteiger partial charge >= 0.3 is 0 Å². The quantitative estimate of drug-likeness (QED) is 0.756. The van der Waals surface area contributed by atoms with E-state index in [1.165, 1.54) is 0 Å². The maximum absolute atomic E-state index is 12.8. The molecular weight excluding hydrogens is 356 g/mol. The highest BCUT2D eigenvalue weighted by Gasteiger charge is 2.25. The number of para-hydroxylation sites is 1. The van der Waals surface area contributed by atoms with Gasteiger partial charge in [-0.15, -0.1) is 0 Å². The molecule has 1 aromatic carbocycles.